The third-order valence-corrected chi connectivity index (χ3v) is 2.75. The molecule has 16 heavy (non-hydrogen) atoms. The highest BCUT2D eigenvalue weighted by molar-refractivity contribution is 5.36. The summed E-state index contributed by atoms with van der Waals surface area (Å²) < 4.78 is 5.28. The summed E-state index contributed by atoms with van der Waals surface area (Å²) in [6, 6.07) is 5.88. The highest BCUT2D eigenvalue weighted by Crippen LogP contribution is 2.21. The van der Waals surface area contributed by atoms with Crippen molar-refractivity contribution in [3.8, 4) is 5.75 Å². The van der Waals surface area contributed by atoms with Gasteiger partial charge in [0.15, 0.2) is 0 Å². The van der Waals surface area contributed by atoms with Crippen molar-refractivity contribution in [1.29, 1.82) is 0 Å². The fourth-order valence-electron chi connectivity index (χ4n) is 1.67. The van der Waals surface area contributed by atoms with Crippen molar-refractivity contribution in [3.63, 3.8) is 0 Å². The molecule has 1 rings (SSSR count). The van der Waals surface area contributed by atoms with Crippen LogP contribution in [-0.4, -0.2) is 24.4 Å². The molecule has 1 aromatic carbocycles. The van der Waals surface area contributed by atoms with E-state index >= 15 is 0 Å². The summed E-state index contributed by atoms with van der Waals surface area (Å²) in [5.41, 5.74) is 7.95. The zero-order valence-corrected chi connectivity index (χ0v) is 10.2. The highest BCUT2D eigenvalue weighted by Gasteiger charge is 2.11. The number of ether oxygens (including phenoxy) is 1. The molecule has 2 unspecified atom stereocenters. The second-order valence-electron chi connectivity index (χ2n) is 4.28. The van der Waals surface area contributed by atoms with Gasteiger partial charge in [-0.2, -0.15) is 0 Å². The highest BCUT2D eigenvalue weighted by atomic mass is 16.5. The smallest absolute Gasteiger partial charge is 0.122 e. The van der Waals surface area contributed by atoms with Crippen LogP contribution in [0.25, 0.3) is 0 Å². The summed E-state index contributed by atoms with van der Waals surface area (Å²) in [6.07, 6.45) is 0.996. The van der Waals surface area contributed by atoms with E-state index in [0.717, 1.165) is 17.7 Å². The maximum atomic E-state index is 9.65. The molecule has 0 spiro atoms. The number of aliphatic hydroxyl groups is 1. The van der Waals surface area contributed by atoms with Crippen molar-refractivity contribution in [1.82, 2.24) is 0 Å². The second kappa shape index (κ2) is 5.87. The minimum Gasteiger partial charge on any atom is -0.496 e. The summed E-state index contributed by atoms with van der Waals surface area (Å²) in [5, 5.41) is 9.65. The van der Waals surface area contributed by atoms with Gasteiger partial charge in [-0.1, -0.05) is 17.7 Å². The van der Waals surface area contributed by atoms with E-state index in [1.54, 1.807) is 7.11 Å². The predicted molar refractivity (Wildman–Crippen MR) is 65.7 cm³/mol. The largest absolute Gasteiger partial charge is 0.496 e. The molecule has 0 heterocycles. The van der Waals surface area contributed by atoms with E-state index in [2.05, 4.69) is 6.07 Å². The molecule has 0 bridgehead atoms. The van der Waals surface area contributed by atoms with Crippen molar-refractivity contribution in [2.24, 2.45) is 5.73 Å². The number of aryl methyl sites for hydroxylation is 2. The Balaban J connectivity index is 2.68. The Morgan fingerprint density at radius 1 is 1.44 bits per heavy atom. The molecule has 0 saturated carbocycles. The molecule has 1 aromatic rings. The molecule has 3 nitrogen and oxygen atoms in total. The van der Waals surface area contributed by atoms with Gasteiger partial charge in [-0.3, -0.25) is 0 Å². The number of aliphatic hydroxyl groups excluding tert-OH is 1. The minimum atomic E-state index is -0.454. The molecule has 0 fully saturated rings. The molecular weight excluding hydrogens is 202 g/mol. The van der Waals surface area contributed by atoms with Gasteiger partial charge in [0, 0.05) is 6.04 Å². The molecular formula is C13H21NO2. The number of methoxy groups -OCH3 is 1. The fourth-order valence-corrected chi connectivity index (χ4v) is 1.67. The van der Waals surface area contributed by atoms with Gasteiger partial charge in [-0.25, -0.2) is 0 Å². The zero-order chi connectivity index (χ0) is 12.1. The third-order valence-electron chi connectivity index (χ3n) is 2.75. The summed E-state index contributed by atoms with van der Waals surface area (Å²) in [5.74, 6) is 0.877. The van der Waals surface area contributed by atoms with Crippen LogP contribution >= 0.6 is 0 Å². The molecule has 0 saturated heterocycles. The van der Waals surface area contributed by atoms with Gasteiger partial charge in [0.25, 0.3) is 0 Å². The lowest BCUT2D eigenvalue weighted by molar-refractivity contribution is 0.141. The molecule has 0 aromatic heterocycles. The topological polar surface area (TPSA) is 55.5 Å². The van der Waals surface area contributed by atoms with E-state index in [4.69, 9.17) is 10.5 Å². The Hall–Kier alpha value is -1.06. The lowest BCUT2D eigenvalue weighted by atomic mass is 10.0. The average Bonchev–Trinajstić information content (AvgIpc) is 2.25. The van der Waals surface area contributed by atoms with Crippen LogP contribution in [0.15, 0.2) is 18.2 Å². The first-order valence-corrected chi connectivity index (χ1v) is 5.61. The summed E-state index contributed by atoms with van der Waals surface area (Å²) in [6.45, 7) is 3.86. The van der Waals surface area contributed by atoms with Gasteiger partial charge in [0.05, 0.1) is 13.2 Å². The summed E-state index contributed by atoms with van der Waals surface area (Å²) >= 11 is 0. The van der Waals surface area contributed by atoms with E-state index in [0.29, 0.717) is 6.42 Å². The molecule has 0 aliphatic rings. The molecule has 90 valence electrons. The van der Waals surface area contributed by atoms with E-state index in [-0.39, 0.29) is 6.04 Å². The molecule has 3 heteroatoms. The molecule has 3 N–H and O–H groups in total. The first-order chi connectivity index (χ1) is 7.54. The maximum Gasteiger partial charge on any atom is 0.122 e. The number of rotatable bonds is 5. The third kappa shape index (κ3) is 3.51. The number of hydrogen-bond donors (Lipinski definition) is 2. The van der Waals surface area contributed by atoms with Crippen molar-refractivity contribution in [2.75, 3.05) is 7.11 Å². The first kappa shape index (κ1) is 13.0. The molecule has 0 radical (unpaired) electrons. The van der Waals surface area contributed by atoms with E-state index < -0.39 is 6.10 Å². The monoisotopic (exact) mass is 223 g/mol. The predicted octanol–water partition coefficient (Wildman–Crippen LogP) is 1.64. The van der Waals surface area contributed by atoms with Crippen molar-refractivity contribution >= 4 is 0 Å². The van der Waals surface area contributed by atoms with E-state index in [1.807, 2.05) is 26.0 Å². The first-order valence-electron chi connectivity index (χ1n) is 5.61. The van der Waals surface area contributed by atoms with Gasteiger partial charge in [-0.15, -0.1) is 0 Å². The van der Waals surface area contributed by atoms with Gasteiger partial charge in [-0.05, 0) is 38.3 Å². The Kier molecular flexibility index (Phi) is 4.77. The Bertz CT molecular complexity index is 337. The average molecular weight is 223 g/mol. The molecule has 2 atom stereocenters. The summed E-state index contributed by atoms with van der Waals surface area (Å²) in [7, 11) is 1.66. The van der Waals surface area contributed by atoms with Gasteiger partial charge in [0.1, 0.15) is 5.75 Å². The fraction of sp³-hybridized carbons (Fsp3) is 0.538. The van der Waals surface area contributed by atoms with Crippen LogP contribution in [0, 0.1) is 6.92 Å². The van der Waals surface area contributed by atoms with E-state index in [1.165, 1.54) is 5.56 Å². The quantitative estimate of drug-likeness (QED) is 0.798. The molecule has 0 aliphatic heterocycles. The van der Waals surface area contributed by atoms with Gasteiger partial charge in [0.2, 0.25) is 0 Å². The lowest BCUT2D eigenvalue weighted by Crippen LogP contribution is -2.31. The van der Waals surface area contributed by atoms with Gasteiger partial charge < -0.3 is 15.6 Å². The van der Waals surface area contributed by atoms with Gasteiger partial charge >= 0.3 is 0 Å². The second-order valence-corrected chi connectivity index (χ2v) is 4.28. The Morgan fingerprint density at radius 3 is 2.69 bits per heavy atom. The van der Waals surface area contributed by atoms with Crippen LogP contribution < -0.4 is 10.5 Å². The number of benzene rings is 1. The number of hydrogen-bond acceptors (Lipinski definition) is 3. The Labute approximate surface area is 97.2 Å². The van der Waals surface area contributed by atoms with Crippen molar-refractivity contribution < 1.29 is 9.84 Å². The maximum absolute atomic E-state index is 9.65. The lowest BCUT2D eigenvalue weighted by Gasteiger charge is -2.15. The minimum absolute atomic E-state index is 0.184. The van der Waals surface area contributed by atoms with E-state index in [9.17, 15) is 5.11 Å². The van der Waals surface area contributed by atoms with Crippen LogP contribution in [0.4, 0.5) is 0 Å². The number of nitrogens with two attached hydrogens (primary N) is 1. The standard InChI is InChI=1S/C13H21NO2/c1-9-4-7-13(16-3)11(8-9)5-6-12(15)10(2)14/h4,7-8,10,12,15H,5-6,14H2,1-3H3. The Morgan fingerprint density at radius 2 is 2.12 bits per heavy atom. The van der Waals surface area contributed by atoms with Crippen LogP contribution in [-0.2, 0) is 6.42 Å². The SMILES string of the molecule is COc1ccc(C)cc1CCC(O)C(C)N. The van der Waals surface area contributed by atoms with Crippen molar-refractivity contribution in [3.05, 3.63) is 29.3 Å². The van der Waals surface area contributed by atoms with Crippen LogP contribution in [0.5, 0.6) is 5.75 Å². The van der Waals surface area contributed by atoms with Crippen LogP contribution in [0.2, 0.25) is 0 Å². The normalized spacial score (nSPS) is 14.6. The zero-order valence-electron chi connectivity index (χ0n) is 10.2. The summed E-state index contributed by atoms with van der Waals surface area (Å²) in [4.78, 5) is 0. The molecule has 0 aliphatic carbocycles. The van der Waals surface area contributed by atoms with Crippen molar-refractivity contribution in [2.45, 2.75) is 38.8 Å². The van der Waals surface area contributed by atoms with Crippen LogP contribution in [0.1, 0.15) is 24.5 Å². The molecule has 0 amide bonds. The van der Waals surface area contributed by atoms with Crippen LogP contribution in [0.3, 0.4) is 0 Å².